The van der Waals surface area contributed by atoms with Crippen molar-refractivity contribution >= 4 is 54.0 Å². The highest BCUT2D eigenvalue weighted by molar-refractivity contribution is 7.91. The van der Waals surface area contributed by atoms with Gasteiger partial charge in [-0.1, -0.05) is 17.4 Å². The fraction of sp³-hybridized carbons (Fsp3) is 0.400. The standard InChI is InChI=1S/C20H20F2N4O3S3/c21-13-11-14(22)18-16(12-13)31-20(23-18)25-8-6-24(7-9-25)19(27)15-3-1-5-26(15)32(28,29)17-4-2-10-30-17/h2,4,10-12,15H,1,3,5-9H2/t15-/m1/s1. The van der Waals surface area contributed by atoms with Crippen LogP contribution in [0.4, 0.5) is 13.9 Å². The van der Waals surface area contributed by atoms with E-state index in [1.807, 2.05) is 4.90 Å². The van der Waals surface area contributed by atoms with Crippen molar-refractivity contribution in [3.8, 4) is 0 Å². The molecular formula is C20H20F2N4O3S3. The number of sulfonamides is 1. The van der Waals surface area contributed by atoms with Gasteiger partial charge in [0, 0.05) is 38.8 Å². The number of anilines is 1. The van der Waals surface area contributed by atoms with Crippen LogP contribution in [-0.4, -0.2) is 67.3 Å². The van der Waals surface area contributed by atoms with Crippen molar-refractivity contribution in [2.75, 3.05) is 37.6 Å². The van der Waals surface area contributed by atoms with Crippen LogP contribution in [0.1, 0.15) is 12.8 Å². The molecule has 2 aliphatic rings. The van der Waals surface area contributed by atoms with Crippen LogP contribution < -0.4 is 4.90 Å². The lowest BCUT2D eigenvalue weighted by atomic mass is 10.2. The summed E-state index contributed by atoms with van der Waals surface area (Å²) < 4.78 is 55.4. The molecule has 0 unspecified atom stereocenters. The summed E-state index contributed by atoms with van der Waals surface area (Å²) >= 11 is 2.36. The summed E-state index contributed by atoms with van der Waals surface area (Å²) in [5, 5.41) is 2.29. The van der Waals surface area contributed by atoms with Gasteiger partial charge in [0.1, 0.15) is 21.6 Å². The van der Waals surface area contributed by atoms with Crippen LogP contribution in [0.3, 0.4) is 0 Å². The lowest BCUT2D eigenvalue weighted by Crippen LogP contribution is -2.54. The van der Waals surface area contributed by atoms with E-state index in [1.165, 1.54) is 21.7 Å². The molecule has 0 bridgehead atoms. The minimum Gasteiger partial charge on any atom is -0.345 e. The summed E-state index contributed by atoms with van der Waals surface area (Å²) in [6.45, 7) is 2.13. The third kappa shape index (κ3) is 3.78. The van der Waals surface area contributed by atoms with Crippen molar-refractivity contribution < 1.29 is 22.0 Å². The molecule has 3 aromatic rings. The predicted molar refractivity (Wildman–Crippen MR) is 120 cm³/mol. The zero-order valence-corrected chi connectivity index (χ0v) is 19.4. The average molecular weight is 499 g/mol. The van der Waals surface area contributed by atoms with Crippen LogP contribution >= 0.6 is 22.7 Å². The Morgan fingerprint density at radius 3 is 2.62 bits per heavy atom. The quantitative estimate of drug-likeness (QED) is 0.553. The van der Waals surface area contributed by atoms with Gasteiger partial charge in [0.15, 0.2) is 10.9 Å². The van der Waals surface area contributed by atoms with Gasteiger partial charge >= 0.3 is 0 Å². The highest BCUT2D eigenvalue weighted by Gasteiger charge is 2.42. The van der Waals surface area contributed by atoms with Crippen LogP contribution in [-0.2, 0) is 14.8 Å². The highest BCUT2D eigenvalue weighted by Crippen LogP contribution is 2.33. The fourth-order valence-corrected chi connectivity index (χ4v) is 8.04. The highest BCUT2D eigenvalue weighted by atomic mass is 32.2. The maximum atomic E-state index is 14.0. The van der Waals surface area contributed by atoms with Gasteiger partial charge in [-0.2, -0.15) is 4.31 Å². The number of fused-ring (bicyclic) bond motifs is 1. The first-order valence-electron chi connectivity index (χ1n) is 10.2. The van der Waals surface area contributed by atoms with E-state index in [0.717, 1.165) is 17.4 Å². The van der Waals surface area contributed by atoms with E-state index < -0.39 is 27.7 Å². The smallest absolute Gasteiger partial charge is 0.253 e. The zero-order valence-electron chi connectivity index (χ0n) is 16.9. The van der Waals surface area contributed by atoms with Crippen molar-refractivity contribution in [1.29, 1.82) is 0 Å². The maximum Gasteiger partial charge on any atom is 0.253 e. The van der Waals surface area contributed by atoms with E-state index in [-0.39, 0.29) is 15.6 Å². The maximum absolute atomic E-state index is 14.0. The molecular weight excluding hydrogens is 478 g/mol. The van der Waals surface area contributed by atoms with E-state index in [9.17, 15) is 22.0 Å². The molecule has 0 radical (unpaired) electrons. The molecule has 7 nitrogen and oxygen atoms in total. The van der Waals surface area contributed by atoms with Crippen LogP contribution in [0.15, 0.2) is 33.9 Å². The van der Waals surface area contributed by atoms with E-state index >= 15 is 0 Å². The first kappa shape index (κ1) is 21.7. The molecule has 0 saturated carbocycles. The Hall–Kier alpha value is -2.15. The number of carbonyl (C=O) groups excluding carboxylic acids is 1. The van der Waals surface area contributed by atoms with E-state index in [0.29, 0.717) is 55.4 Å². The van der Waals surface area contributed by atoms with Crippen LogP contribution in [0, 0.1) is 11.6 Å². The summed E-state index contributed by atoms with van der Waals surface area (Å²) in [6.07, 6.45) is 1.15. The van der Waals surface area contributed by atoms with Gasteiger partial charge in [0.05, 0.1) is 4.70 Å². The second-order valence-corrected chi connectivity index (χ2v) is 11.8. The molecule has 1 aromatic carbocycles. The van der Waals surface area contributed by atoms with Gasteiger partial charge in [-0.25, -0.2) is 22.2 Å². The average Bonchev–Trinajstić information content (AvgIpc) is 3.53. The molecule has 170 valence electrons. The molecule has 2 fully saturated rings. The zero-order chi connectivity index (χ0) is 22.5. The van der Waals surface area contributed by atoms with Crippen molar-refractivity contribution in [3.05, 3.63) is 41.3 Å². The molecule has 0 spiro atoms. The summed E-state index contributed by atoms with van der Waals surface area (Å²) in [7, 11) is -3.68. The Bertz CT molecular complexity index is 1250. The van der Waals surface area contributed by atoms with Crippen LogP contribution in [0.25, 0.3) is 10.2 Å². The van der Waals surface area contributed by atoms with Gasteiger partial charge in [0.2, 0.25) is 5.91 Å². The Morgan fingerprint density at radius 2 is 1.91 bits per heavy atom. The third-order valence-corrected chi connectivity index (χ3v) is 10.2. The topological polar surface area (TPSA) is 73.8 Å². The summed E-state index contributed by atoms with van der Waals surface area (Å²) in [6, 6.07) is 4.65. The molecule has 0 N–H and O–H groups in total. The second-order valence-electron chi connectivity index (χ2n) is 7.75. The predicted octanol–water partition coefficient (Wildman–Crippen LogP) is 3.14. The number of carbonyl (C=O) groups is 1. The molecule has 1 atom stereocenters. The number of nitrogens with zero attached hydrogens (tertiary/aromatic N) is 4. The number of benzene rings is 1. The van der Waals surface area contributed by atoms with Gasteiger partial charge in [-0.05, 0) is 30.4 Å². The third-order valence-electron chi connectivity index (χ3n) is 5.81. The first-order chi connectivity index (χ1) is 15.3. The van der Waals surface area contributed by atoms with Crippen molar-refractivity contribution in [2.24, 2.45) is 0 Å². The molecule has 12 heteroatoms. The number of piperazine rings is 1. The van der Waals surface area contributed by atoms with E-state index in [1.54, 1.807) is 22.4 Å². The Labute approximate surface area is 191 Å². The lowest BCUT2D eigenvalue weighted by molar-refractivity contribution is -0.134. The Morgan fingerprint density at radius 1 is 1.12 bits per heavy atom. The minimum atomic E-state index is -3.68. The molecule has 0 aliphatic carbocycles. The SMILES string of the molecule is O=C([C@H]1CCCN1S(=O)(=O)c1cccs1)N1CCN(c2nc3c(F)cc(F)cc3s2)CC1. The van der Waals surface area contributed by atoms with Gasteiger partial charge in [-0.3, -0.25) is 4.79 Å². The fourth-order valence-electron chi connectivity index (χ4n) is 4.21. The molecule has 1 amide bonds. The first-order valence-corrected chi connectivity index (χ1v) is 13.3. The summed E-state index contributed by atoms with van der Waals surface area (Å²) in [4.78, 5) is 21.1. The van der Waals surface area contributed by atoms with Crippen molar-refractivity contribution in [3.63, 3.8) is 0 Å². The molecule has 4 heterocycles. The van der Waals surface area contributed by atoms with E-state index in [2.05, 4.69) is 4.98 Å². The lowest BCUT2D eigenvalue weighted by Gasteiger charge is -2.37. The summed E-state index contributed by atoms with van der Waals surface area (Å²) in [5.74, 6) is -1.51. The largest absolute Gasteiger partial charge is 0.345 e. The minimum absolute atomic E-state index is 0.144. The number of rotatable bonds is 4. The number of amides is 1. The number of aromatic nitrogens is 1. The van der Waals surface area contributed by atoms with Gasteiger partial charge in [-0.15, -0.1) is 11.3 Å². The molecule has 32 heavy (non-hydrogen) atoms. The molecule has 2 saturated heterocycles. The number of thiophene rings is 1. The number of halogens is 2. The van der Waals surface area contributed by atoms with Crippen molar-refractivity contribution in [2.45, 2.75) is 23.1 Å². The number of thiazole rings is 1. The number of hydrogen-bond acceptors (Lipinski definition) is 7. The van der Waals surface area contributed by atoms with Crippen LogP contribution in [0.2, 0.25) is 0 Å². The Kier molecular flexibility index (Phi) is 5.64. The molecule has 5 rings (SSSR count). The summed E-state index contributed by atoms with van der Waals surface area (Å²) in [5.41, 5.74) is 0.144. The monoisotopic (exact) mass is 498 g/mol. The van der Waals surface area contributed by atoms with Gasteiger partial charge < -0.3 is 9.80 Å². The van der Waals surface area contributed by atoms with Crippen molar-refractivity contribution in [1.82, 2.24) is 14.2 Å². The molecule has 2 aromatic heterocycles. The van der Waals surface area contributed by atoms with Crippen LogP contribution in [0.5, 0.6) is 0 Å². The molecule has 2 aliphatic heterocycles. The normalized spacial score (nSPS) is 20.4. The number of hydrogen-bond donors (Lipinski definition) is 0. The second kappa shape index (κ2) is 8.32. The Balaban J connectivity index is 1.28. The van der Waals surface area contributed by atoms with E-state index in [4.69, 9.17) is 0 Å². The van der Waals surface area contributed by atoms with Gasteiger partial charge in [0.25, 0.3) is 10.0 Å².